The van der Waals surface area contributed by atoms with Gasteiger partial charge in [0.25, 0.3) is 0 Å². The first-order chi connectivity index (χ1) is 13.2. The Balaban J connectivity index is 1.61. The minimum atomic E-state index is -0.431. The molecule has 0 spiro atoms. The van der Waals surface area contributed by atoms with Crippen molar-refractivity contribution in [2.75, 3.05) is 25.3 Å². The molecule has 2 heterocycles. The van der Waals surface area contributed by atoms with Crippen LogP contribution in [0.4, 0.5) is 0 Å². The van der Waals surface area contributed by atoms with E-state index in [0.29, 0.717) is 18.2 Å². The fraction of sp³-hybridized carbons (Fsp3) is 0.333. The molecule has 5 nitrogen and oxygen atoms in total. The van der Waals surface area contributed by atoms with Gasteiger partial charge in [0, 0.05) is 12.1 Å². The number of hydrogen-bond acceptors (Lipinski definition) is 4. The summed E-state index contributed by atoms with van der Waals surface area (Å²) in [7, 11) is 1.64. The second-order valence-electron chi connectivity index (χ2n) is 6.74. The predicted octanol–water partition coefficient (Wildman–Crippen LogP) is 2.72. The highest BCUT2D eigenvalue weighted by atomic mass is 32.2. The fourth-order valence-electron chi connectivity index (χ4n) is 3.85. The number of methoxy groups -OCH3 is 1. The van der Waals surface area contributed by atoms with E-state index in [4.69, 9.17) is 4.74 Å². The van der Waals surface area contributed by atoms with E-state index in [1.165, 1.54) is 5.56 Å². The van der Waals surface area contributed by atoms with Crippen LogP contribution in [0.15, 0.2) is 54.6 Å². The number of carbonyl (C=O) groups is 2. The second-order valence-corrected chi connectivity index (χ2v) is 7.70. The summed E-state index contributed by atoms with van der Waals surface area (Å²) in [5.74, 6) is 1.85. The van der Waals surface area contributed by atoms with Crippen LogP contribution >= 0.6 is 11.8 Å². The predicted molar refractivity (Wildman–Crippen MR) is 106 cm³/mol. The molecule has 0 bridgehead atoms. The van der Waals surface area contributed by atoms with Gasteiger partial charge in [-0.3, -0.25) is 9.59 Å². The lowest BCUT2D eigenvalue weighted by Crippen LogP contribution is -2.66. The number of rotatable bonds is 6. The molecule has 2 aliphatic heterocycles. The number of para-hydroxylation sites is 1. The van der Waals surface area contributed by atoms with Crippen LogP contribution in [0.5, 0.6) is 5.75 Å². The van der Waals surface area contributed by atoms with Crippen LogP contribution in [-0.4, -0.2) is 52.9 Å². The van der Waals surface area contributed by atoms with Gasteiger partial charge in [-0.25, -0.2) is 0 Å². The van der Waals surface area contributed by atoms with Gasteiger partial charge in [0.05, 0.1) is 24.8 Å². The number of ether oxygens (including phenoxy) is 1. The Kier molecular flexibility index (Phi) is 5.07. The van der Waals surface area contributed by atoms with Crippen molar-refractivity contribution in [3.63, 3.8) is 0 Å². The summed E-state index contributed by atoms with van der Waals surface area (Å²) in [5.41, 5.74) is 2.16. The molecular weight excluding hydrogens is 360 g/mol. The van der Waals surface area contributed by atoms with Gasteiger partial charge in [-0.15, -0.1) is 11.8 Å². The van der Waals surface area contributed by atoms with E-state index < -0.39 is 6.04 Å². The molecule has 0 aliphatic carbocycles. The van der Waals surface area contributed by atoms with E-state index in [2.05, 4.69) is 12.1 Å². The van der Waals surface area contributed by atoms with Crippen molar-refractivity contribution in [3.8, 4) is 5.75 Å². The van der Waals surface area contributed by atoms with Crippen LogP contribution in [0, 0.1) is 0 Å². The third-order valence-electron chi connectivity index (χ3n) is 5.22. The van der Waals surface area contributed by atoms with Gasteiger partial charge in [-0.05, 0) is 18.1 Å². The number of thioether (sulfide) groups is 1. The molecule has 0 saturated carbocycles. The van der Waals surface area contributed by atoms with Gasteiger partial charge in [0.1, 0.15) is 11.8 Å². The first kappa shape index (κ1) is 17.9. The molecule has 0 radical (unpaired) electrons. The molecule has 27 heavy (non-hydrogen) atoms. The zero-order valence-electron chi connectivity index (χ0n) is 15.2. The summed E-state index contributed by atoms with van der Waals surface area (Å²) < 4.78 is 5.54. The molecule has 0 unspecified atom stereocenters. The lowest BCUT2D eigenvalue weighted by molar-refractivity contribution is -0.163. The Morgan fingerprint density at radius 3 is 2.48 bits per heavy atom. The van der Waals surface area contributed by atoms with E-state index in [9.17, 15) is 9.59 Å². The maximum Gasteiger partial charge on any atom is 0.248 e. The van der Waals surface area contributed by atoms with Crippen molar-refractivity contribution >= 4 is 23.6 Å². The van der Waals surface area contributed by atoms with Crippen molar-refractivity contribution in [1.29, 1.82) is 0 Å². The van der Waals surface area contributed by atoms with Crippen LogP contribution < -0.4 is 4.74 Å². The Labute approximate surface area is 163 Å². The zero-order valence-corrected chi connectivity index (χ0v) is 16.0. The molecule has 6 heteroatoms. The summed E-state index contributed by atoms with van der Waals surface area (Å²) >= 11 is 1.56. The highest BCUT2D eigenvalue weighted by Crippen LogP contribution is 2.43. The number of nitrogens with zero attached hydrogens (tertiary/aromatic N) is 2. The Morgan fingerprint density at radius 2 is 1.78 bits per heavy atom. The van der Waals surface area contributed by atoms with Gasteiger partial charge < -0.3 is 14.5 Å². The Bertz CT molecular complexity index is 842. The third kappa shape index (κ3) is 3.30. The van der Waals surface area contributed by atoms with Crippen LogP contribution in [-0.2, 0) is 16.0 Å². The molecule has 0 aromatic heterocycles. The minimum Gasteiger partial charge on any atom is -0.496 e. The quantitative estimate of drug-likeness (QED) is 0.721. The summed E-state index contributed by atoms with van der Waals surface area (Å²) in [6, 6.07) is 17.3. The lowest BCUT2D eigenvalue weighted by atomic mass is 9.86. The lowest BCUT2D eigenvalue weighted by Gasteiger charge is -2.50. The highest BCUT2D eigenvalue weighted by molar-refractivity contribution is 8.00. The zero-order chi connectivity index (χ0) is 18.8. The number of likely N-dealkylation sites (tertiary alicyclic amines) is 1. The Morgan fingerprint density at radius 1 is 1.04 bits per heavy atom. The molecule has 4 rings (SSSR count). The summed E-state index contributed by atoms with van der Waals surface area (Å²) in [6.45, 7) is 0.622. The largest absolute Gasteiger partial charge is 0.496 e. The number of benzene rings is 2. The normalized spacial score (nSPS) is 22.1. The number of hydrogen-bond donors (Lipinski definition) is 0. The standard InChI is InChI=1S/C21H22N2O3S/c1-26-17-10-6-5-9-16(17)19-20(23-14-27-13-18(23)24)21(25)22(19)12-11-15-7-3-2-4-8-15/h2-10,19-20H,11-14H2,1H3/t19-,20+/m0/s1. The molecule has 140 valence electrons. The number of carbonyl (C=O) groups excluding carboxylic acids is 2. The van der Waals surface area contributed by atoms with Crippen LogP contribution in [0.25, 0.3) is 0 Å². The molecule has 2 atom stereocenters. The molecular formula is C21H22N2O3S. The monoisotopic (exact) mass is 382 g/mol. The molecule has 0 N–H and O–H groups in total. The van der Waals surface area contributed by atoms with Gasteiger partial charge in [0.15, 0.2) is 0 Å². The first-order valence-corrected chi connectivity index (χ1v) is 10.2. The topological polar surface area (TPSA) is 49.9 Å². The molecule has 2 aliphatic rings. The Hall–Kier alpha value is -2.47. The van der Waals surface area contributed by atoms with Crippen LogP contribution in [0.2, 0.25) is 0 Å². The number of β-lactam (4-membered cyclic amide) rings is 1. The molecule has 2 aromatic rings. The average Bonchev–Trinajstić information content (AvgIpc) is 3.12. The van der Waals surface area contributed by atoms with E-state index in [1.54, 1.807) is 23.8 Å². The summed E-state index contributed by atoms with van der Waals surface area (Å²) in [5, 5.41) is 0. The molecule has 2 amide bonds. The van der Waals surface area contributed by atoms with Gasteiger partial charge in [-0.1, -0.05) is 48.5 Å². The van der Waals surface area contributed by atoms with E-state index >= 15 is 0 Å². The van der Waals surface area contributed by atoms with E-state index in [1.807, 2.05) is 47.4 Å². The summed E-state index contributed by atoms with van der Waals surface area (Å²) in [6.07, 6.45) is 0.785. The van der Waals surface area contributed by atoms with Gasteiger partial charge in [-0.2, -0.15) is 0 Å². The van der Waals surface area contributed by atoms with Gasteiger partial charge >= 0.3 is 0 Å². The van der Waals surface area contributed by atoms with Crippen molar-refractivity contribution in [1.82, 2.24) is 9.80 Å². The van der Waals surface area contributed by atoms with Crippen LogP contribution in [0.3, 0.4) is 0 Å². The maximum absolute atomic E-state index is 13.0. The third-order valence-corrected chi connectivity index (χ3v) is 6.14. The van der Waals surface area contributed by atoms with Crippen molar-refractivity contribution in [3.05, 3.63) is 65.7 Å². The summed E-state index contributed by atoms with van der Waals surface area (Å²) in [4.78, 5) is 28.9. The molecule has 2 saturated heterocycles. The number of amides is 2. The SMILES string of the molecule is COc1ccccc1[C@H]1[C@@H](N2CSCC2=O)C(=O)N1CCc1ccccc1. The molecule has 2 fully saturated rings. The smallest absolute Gasteiger partial charge is 0.248 e. The highest BCUT2D eigenvalue weighted by Gasteiger charge is 2.53. The van der Waals surface area contributed by atoms with Gasteiger partial charge in [0.2, 0.25) is 11.8 Å². The van der Waals surface area contributed by atoms with Crippen LogP contribution in [0.1, 0.15) is 17.2 Å². The van der Waals surface area contributed by atoms with E-state index in [0.717, 1.165) is 17.7 Å². The minimum absolute atomic E-state index is 0.0256. The van der Waals surface area contributed by atoms with E-state index in [-0.39, 0.29) is 17.9 Å². The second kappa shape index (κ2) is 7.64. The van der Waals surface area contributed by atoms with Crippen molar-refractivity contribution in [2.24, 2.45) is 0 Å². The first-order valence-electron chi connectivity index (χ1n) is 9.05. The van der Waals surface area contributed by atoms with Crippen molar-refractivity contribution in [2.45, 2.75) is 18.5 Å². The maximum atomic E-state index is 13.0. The average molecular weight is 382 g/mol. The fourth-order valence-corrected chi connectivity index (χ4v) is 4.78. The molecule has 2 aromatic carbocycles. The van der Waals surface area contributed by atoms with Crippen molar-refractivity contribution < 1.29 is 14.3 Å².